The summed E-state index contributed by atoms with van der Waals surface area (Å²) < 4.78 is 0. The van der Waals surface area contributed by atoms with E-state index in [1.807, 2.05) is 59.5 Å². The van der Waals surface area contributed by atoms with Crippen LogP contribution in [0.1, 0.15) is 25.3 Å². The van der Waals surface area contributed by atoms with Crippen LogP contribution in [0.25, 0.3) is 6.08 Å². The maximum absolute atomic E-state index is 12.2. The summed E-state index contributed by atoms with van der Waals surface area (Å²) in [5, 5.41) is 5.86. The highest BCUT2D eigenvalue weighted by Gasteiger charge is 2.20. The summed E-state index contributed by atoms with van der Waals surface area (Å²) in [6.07, 6.45) is 5.42. The van der Waals surface area contributed by atoms with Crippen LogP contribution in [-0.2, 0) is 4.79 Å². The van der Waals surface area contributed by atoms with Crippen LogP contribution < -0.4 is 15.5 Å². The third-order valence-electron chi connectivity index (χ3n) is 5.10. The third kappa shape index (κ3) is 6.37. The van der Waals surface area contributed by atoms with E-state index in [1.165, 1.54) is 6.08 Å². The summed E-state index contributed by atoms with van der Waals surface area (Å²) >= 11 is 0. The Kier molecular flexibility index (Phi) is 7.89. The molecule has 3 rings (SSSR count). The monoisotopic (exact) mass is 406 g/mol. The van der Waals surface area contributed by atoms with Gasteiger partial charge in [-0.25, -0.2) is 4.79 Å². The van der Waals surface area contributed by atoms with Crippen LogP contribution in [0.2, 0.25) is 0 Å². The van der Waals surface area contributed by atoms with Crippen molar-refractivity contribution in [3.8, 4) is 0 Å². The van der Waals surface area contributed by atoms with Gasteiger partial charge in [0.25, 0.3) is 0 Å². The molecule has 2 aromatic carbocycles. The number of anilines is 2. The second kappa shape index (κ2) is 11.0. The Bertz CT molecular complexity index is 841. The number of urea groups is 1. The molecule has 1 fully saturated rings. The fourth-order valence-electron chi connectivity index (χ4n) is 3.33. The maximum Gasteiger partial charge on any atom is 0.317 e. The first-order valence-corrected chi connectivity index (χ1v) is 10.6. The second-order valence-corrected chi connectivity index (χ2v) is 7.34. The molecule has 1 heterocycles. The summed E-state index contributed by atoms with van der Waals surface area (Å²) in [6, 6.07) is 17.6. The van der Waals surface area contributed by atoms with Gasteiger partial charge in [0.05, 0.1) is 0 Å². The van der Waals surface area contributed by atoms with Gasteiger partial charge in [-0.3, -0.25) is 4.79 Å². The minimum atomic E-state index is -0.158. The topological polar surface area (TPSA) is 64.7 Å². The summed E-state index contributed by atoms with van der Waals surface area (Å²) in [6.45, 7) is 5.87. The first-order valence-electron chi connectivity index (χ1n) is 10.6. The molecule has 1 aliphatic heterocycles. The van der Waals surface area contributed by atoms with E-state index in [-0.39, 0.29) is 11.9 Å². The number of rotatable bonds is 7. The fraction of sp³-hybridized carbons (Fsp3) is 0.333. The molecule has 0 saturated carbocycles. The van der Waals surface area contributed by atoms with Crippen LogP contribution in [0.4, 0.5) is 16.2 Å². The van der Waals surface area contributed by atoms with Gasteiger partial charge in [-0.15, -0.1) is 0 Å². The first-order chi connectivity index (χ1) is 14.7. The average Bonchev–Trinajstić information content (AvgIpc) is 2.79. The van der Waals surface area contributed by atoms with E-state index in [4.69, 9.17) is 0 Å². The molecule has 0 unspecified atom stereocenters. The van der Waals surface area contributed by atoms with E-state index >= 15 is 0 Å². The van der Waals surface area contributed by atoms with Crippen molar-refractivity contribution in [1.29, 1.82) is 0 Å². The Morgan fingerprint density at radius 2 is 1.67 bits per heavy atom. The van der Waals surface area contributed by atoms with E-state index in [0.29, 0.717) is 13.1 Å². The van der Waals surface area contributed by atoms with E-state index in [1.54, 1.807) is 6.08 Å². The summed E-state index contributed by atoms with van der Waals surface area (Å²) in [4.78, 5) is 28.4. The Morgan fingerprint density at radius 1 is 0.967 bits per heavy atom. The highest BCUT2D eigenvalue weighted by atomic mass is 16.2. The van der Waals surface area contributed by atoms with Crippen molar-refractivity contribution in [3.63, 3.8) is 0 Å². The summed E-state index contributed by atoms with van der Waals surface area (Å²) in [5.41, 5.74) is 2.84. The molecule has 6 heteroatoms. The number of piperazine rings is 1. The zero-order chi connectivity index (χ0) is 21.2. The predicted octanol–water partition coefficient (Wildman–Crippen LogP) is 3.97. The van der Waals surface area contributed by atoms with Gasteiger partial charge in [0.1, 0.15) is 0 Å². The Labute approximate surface area is 178 Å². The van der Waals surface area contributed by atoms with Crippen LogP contribution in [0.3, 0.4) is 0 Å². The van der Waals surface area contributed by atoms with Gasteiger partial charge in [-0.05, 0) is 42.3 Å². The first kappa shape index (κ1) is 21.4. The predicted molar refractivity (Wildman–Crippen MR) is 123 cm³/mol. The number of hydrogen-bond acceptors (Lipinski definition) is 3. The van der Waals surface area contributed by atoms with Gasteiger partial charge in [-0.1, -0.05) is 43.7 Å². The molecule has 0 radical (unpaired) electrons. The number of carbonyl (C=O) groups excluding carboxylic acids is 2. The molecule has 30 heavy (non-hydrogen) atoms. The molecule has 158 valence electrons. The Hall–Kier alpha value is -3.28. The molecule has 0 atom stereocenters. The number of benzene rings is 2. The minimum absolute atomic E-state index is 0.0321. The van der Waals surface area contributed by atoms with E-state index in [9.17, 15) is 9.59 Å². The molecular formula is C24H30N4O2. The molecule has 0 aliphatic carbocycles. The van der Waals surface area contributed by atoms with Gasteiger partial charge >= 0.3 is 6.03 Å². The lowest BCUT2D eigenvalue weighted by atomic mass is 10.2. The van der Waals surface area contributed by atoms with Crippen LogP contribution in [0.5, 0.6) is 0 Å². The molecule has 0 aromatic heterocycles. The van der Waals surface area contributed by atoms with Crippen molar-refractivity contribution < 1.29 is 9.59 Å². The van der Waals surface area contributed by atoms with Crippen molar-refractivity contribution in [3.05, 3.63) is 66.2 Å². The fourth-order valence-corrected chi connectivity index (χ4v) is 3.33. The largest absolute Gasteiger partial charge is 0.368 e. The number of amides is 3. The number of hydrogen-bond donors (Lipinski definition) is 2. The Morgan fingerprint density at radius 3 is 2.33 bits per heavy atom. The van der Waals surface area contributed by atoms with Crippen LogP contribution in [0.15, 0.2) is 60.7 Å². The zero-order valence-electron chi connectivity index (χ0n) is 17.5. The van der Waals surface area contributed by atoms with Gasteiger partial charge < -0.3 is 20.4 Å². The van der Waals surface area contributed by atoms with Gasteiger partial charge in [-0.2, -0.15) is 0 Å². The Balaban J connectivity index is 1.46. The molecule has 1 saturated heterocycles. The quantitative estimate of drug-likeness (QED) is 0.540. The molecule has 1 aliphatic rings. The highest BCUT2D eigenvalue weighted by Crippen LogP contribution is 2.19. The van der Waals surface area contributed by atoms with Gasteiger partial charge in [0, 0.05) is 50.2 Å². The average molecular weight is 407 g/mol. The molecule has 2 aromatic rings. The molecule has 3 amide bonds. The molecule has 0 spiro atoms. The third-order valence-corrected chi connectivity index (χ3v) is 5.10. The molecular weight excluding hydrogens is 376 g/mol. The minimum Gasteiger partial charge on any atom is -0.368 e. The smallest absolute Gasteiger partial charge is 0.317 e. The van der Waals surface area contributed by atoms with E-state index in [0.717, 1.165) is 49.4 Å². The van der Waals surface area contributed by atoms with Crippen LogP contribution in [0, 0.1) is 0 Å². The van der Waals surface area contributed by atoms with E-state index < -0.39 is 0 Å². The summed E-state index contributed by atoms with van der Waals surface area (Å²) in [7, 11) is 0. The molecule has 6 nitrogen and oxygen atoms in total. The highest BCUT2D eigenvalue weighted by molar-refractivity contribution is 6.02. The van der Waals surface area contributed by atoms with Gasteiger partial charge in [0.15, 0.2) is 0 Å². The SMILES string of the molecule is CCCCNC(=O)N1CCN(c2ccc(NC(=O)C=Cc3ccccc3)cc2)CC1. The molecule has 0 bridgehead atoms. The number of unbranched alkanes of at least 4 members (excludes halogenated alkanes) is 1. The van der Waals surface area contributed by atoms with Gasteiger partial charge in [0.2, 0.25) is 5.91 Å². The van der Waals surface area contributed by atoms with Crippen LogP contribution >= 0.6 is 0 Å². The lowest BCUT2D eigenvalue weighted by molar-refractivity contribution is -0.111. The normalized spacial score (nSPS) is 14.0. The standard InChI is InChI=1S/C24H30N4O2/c1-2-3-15-25-24(30)28-18-16-27(17-19-28)22-12-10-21(11-13-22)26-23(29)14-9-20-7-5-4-6-8-20/h4-14H,2-3,15-19H2,1H3,(H,25,30)(H,26,29). The number of nitrogens with one attached hydrogen (secondary N) is 2. The van der Waals surface area contributed by atoms with Crippen molar-refractivity contribution in [2.24, 2.45) is 0 Å². The van der Waals surface area contributed by atoms with Crippen molar-refractivity contribution in [2.45, 2.75) is 19.8 Å². The second-order valence-electron chi connectivity index (χ2n) is 7.34. The molecule has 2 N–H and O–H groups in total. The number of carbonyl (C=O) groups is 2. The zero-order valence-corrected chi connectivity index (χ0v) is 17.5. The summed E-state index contributed by atoms with van der Waals surface area (Å²) in [5.74, 6) is -0.158. The lowest BCUT2D eigenvalue weighted by Crippen LogP contribution is -2.52. The number of nitrogens with zero attached hydrogens (tertiary/aromatic N) is 2. The lowest BCUT2D eigenvalue weighted by Gasteiger charge is -2.36. The van der Waals surface area contributed by atoms with Crippen molar-refractivity contribution >= 4 is 29.4 Å². The van der Waals surface area contributed by atoms with Crippen molar-refractivity contribution in [1.82, 2.24) is 10.2 Å². The maximum atomic E-state index is 12.2. The van der Waals surface area contributed by atoms with E-state index in [2.05, 4.69) is 22.5 Å². The van der Waals surface area contributed by atoms with Crippen molar-refractivity contribution in [2.75, 3.05) is 42.9 Å². The van der Waals surface area contributed by atoms with Crippen LogP contribution in [-0.4, -0.2) is 49.6 Å².